The highest BCUT2D eigenvalue weighted by Gasteiger charge is 2.41. The number of hydrogen-bond acceptors (Lipinski definition) is 3. The summed E-state index contributed by atoms with van der Waals surface area (Å²) >= 11 is 0. The summed E-state index contributed by atoms with van der Waals surface area (Å²) in [5.74, 6) is 1.12. The van der Waals surface area contributed by atoms with Gasteiger partial charge in [-0.15, -0.1) is 0 Å². The standard InChI is InChI=1S/C16H23NO2/c1-2-15(18)11-3-6-13(7-4-11)17-9-12-5-8-16(19)14(12)10-17/h3-4,6-7,12,14-16,18-19H,2,5,8-10H2,1H3/t12?,14?,15-,16?/m0/s1. The van der Waals surface area contributed by atoms with Crippen LogP contribution in [0.4, 0.5) is 5.69 Å². The zero-order valence-electron chi connectivity index (χ0n) is 11.5. The van der Waals surface area contributed by atoms with Crippen LogP contribution in [0.5, 0.6) is 0 Å². The van der Waals surface area contributed by atoms with Crippen molar-refractivity contribution in [3.05, 3.63) is 29.8 Å². The van der Waals surface area contributed by atoms with E-state index in [1.165, 1.54) is 5.69 Å². The molecule has 2 aliphatic rings. The first-order chi connectivity index (χ1) is 9.19. The molecule has 1 saturated carbocycles. The van der Waals surface area contributed by atoms with Gasteiger partial charge in [0, 0.05) is 24.7 Å². The van der Waals surface area contributed by atoms with Crippen molar-refractivity contribution in [3.63, 3.8) is 0 Å². The van der Waals surface area contributed by atoms with Crippen molar-refractivity contribution in [2.75, 3.05) is 18.0 Å². The Labute approximate surface area is 114 Å². The van der Waals surface area contributed by atoms with Gasteiger partial charge in [0.2, 0.25) is 0 Å². The van der Waals surface area contributed by atoms with E-state index in [4.69, 9.17) is 0 Å². The van der Waals surface area contributed by atoms with Crippen molar-refractivity contribution in [2.45, 2.75) is 38.4 Å². The Morgan fingerprint density at radius 3 is 2.58 bits per heavy atom. The molecule has 0 amide bonds. The molecule has 0 radical (unpaired) electrons. The van der Waals surface area contributed by atoms with Crippen LogP contribution in [-0.2, 0) is 0 Å². The van der Waals surface area contributed by atoms with Crippen LogP contribution in [0.3, 0.4) is 0 Å². The van der Waals surface area contributed by atoms with E-state index in [1.807, 2.05) is 19.1 Å². The normalized spacial score (nSPS) is 31.5. The summed E-state index contributed by atoms with van der Waals surface area (Å²) in [5, 5.41) is 19.8. The lowest BCUT2D eigenvalue weighted by Gasteiger charge is -2.21. The molecule has 3 heteroatoms. The molecule has 0 spiro atoms. The molecule has 104 valence electrons. The van der Waals surface area contributed by atoms with Gasteiger partial charge in [0.25, 0.3) is 0 Å². The zero-order chi connectivity index (χ0) is 13.4. The summed E-state index contributed by atoms with van der Waals surface area (Å²) in [6.45, 7) is 4.03. The fourth-order valence-corrected chi connectivity index (χ4v) is 3.59. The van der Waals surface area contributed by atoms with Gasteiger partial charge in [0.15, 0.2) is 0 Å². The molecule has 19 heavy (non-hydrogen) atoms. The maximum Gasteiger partial charge on any atom is 0.0787 e. The minimum Gasteiger partial charge on any atom is -0.393 e. The van der Waals surface area contributed by atoms with Gasteiger partial charge in [-0.25, -0.2) is 0 Å². The van der Waals surface area contributed by atoms with Crippen molar-refractivity contribution in [2.24, 2.45) is 11.8 Å². The second-order valence-corrected chi connectivity index (χ2v) is 5.99. The van der Waals surface area contributed by atoms with Crippen molar-refractivity contribution < 1.29 is 10.2 Å². The number of aliphatic hydroxyl groups is 2. The molecule has 2 fully saturated rings. The third kappa shape index (κ3) is 2.37. The number of rotatable bonds is 3. The van der Waals surface area contributed by atoms with Crippen LogP contribution in [0.2, 0.25) is 0 Å². The van der Waals surface area contributed by atoms with Crippen LogP contribution in [0.25, 0.3) is 0 Å². The van der Waals surface area contributed by atoms with Crippen molar-refractivity contribution in [1.82, 2.24) is 0 Å². The van der Waals surface area contributed by atoms with E-state index < -0.39 is 0 Å². The molecule has 0 bridgehead atoms. The minimum absolute atomic E-state index is 0.101. The predicted molar refractivity (Wildman–Crippen MR) is 76.1 cm³/mol. The highest BCUT2D eigenvalue weighted by Crippen LogP contribution is 2.39. The topological polar surface area (TPSA) is 43.7 Å². The van der Waals surface area contributed by atoms with E-state index in [0.29, 0.717) is 11.8 Å². The molecule has 1 aromatic carbocycles. The quantitative estimate of drug-likeness (QED) is 0.877. The smallest absolute Gasteiger partial charge is 0.0787 e. The third-order valence-electron chi connectivity index (χ3n) is 4.85. The first-order valence-corrected chi connectivity index (χ1v) is 7.40. The summed E-state index contributed by atoms with van der Waals surface area (Å²) < 4.78 is 0. The monoisotopic (exact) mass is 261 g/mol. The van der Waals surface area contributed by atoms with Crippen LogP contribution in [0.15, 0.2) is 24.3 Å². The minimum atomic E-state index is -0.353. The maximum absolute atomic E-state index is 9.95. The highest BCUT2D eigenvalue weighted by molar-refractivity contribution is 5.49. The van der Waals surface area contributed by atoms with Gasteiger partial charge >= 0.3 is 0 Å². The number of fused-ring (bicyclic) bond motifs is 1. The van der Waals surface area contributed by atoms with Crippen LogP contribution >= 0.6 is 0 Å². The van der Waals surface area contributed by atoms with Crippen molar-refractivity contribution in [1.29, 1.82) is 0 Å². The number of aliphatic hydroxyl groups excluding tert-OH is 2. The molecule has 3 rings (SSSR count). The van der Waals surface area contributed by atoms with Crippen molar-refractivity contribution >= 4 is 5.69 Å². The number of hydrogen-bond donors (Lipinski definition) is 2. The third-order valence-corrected chi connectivity index (χ3v) is 4.85. The molecule has 1 aliphatic heterocycles. The molecule has 1 aliphatic carbocycles. The number of nitrogens with zero attached hydrogens (tertiary/aromatic N) is 1. The fraction of sp³-hybridized carbons (Fsp3) is 0.625. The first kappa shape index (κ1) is 12.9. The maximum atomic E-state index is 9.95. The second-order valence-electron chi connectivity index (χ2n) is 5.99. The zero-order valence-corrected chi connectivity index (χ0v) is 11.5. The number of benzene rings is 1. The van der Waals surface area contributed by atoms with E-state index >= 15 is 0 Å². The molecule has 0 aromatic heterocycles. The van der Waals surface area contributed by atoms with E-state index in [1.54, 1.807) is 0 Å². The van der Waals surface area contributed by atoms with Crippen LogP contribution in [0.1, 0.15) is 37.9 Å². The van der Waals surface area contributed by atoms with E-state index in [0.717, 1.165) is 37.9 Å². The van der Waals surface area contributed by atoms with Gasteiger partial charge in [-0.05, 0) is 42.9 Å². The summed E-state index contributed by atoms with van der Waals surface area (Å²) in [4.78, 5) is 2.37. The highest BCUT2D eigenvalue weighted by atomic mass is 16.3. The lowest BCUT2D eigenvalue weighted by atomic mass is 10.00. The van der Waals surface area contributed by atoms with E-state index in [-0.39, 0.29) is 12.2 Å². The predicted octanol–water partition coefficient (Wildman–Crippen LogP) is 2.34. The second kappa shape index (κ2) is 5.14. The average Bonchev–Trinajstić information content (AvgIpc) is 3.01. The lowest BCUT2D eigenvalue weighted by Crippen LogP contribution is -2.24. The van der Waals surface area contributed by atoms with E-state index in [9.17, 15) is 10.2 Å². The van der Waals surface area contributed by atoms with Crippen LogP contribution < -0.4 is 4.90 Å². The summed E-state index contributed by atoms with van der Waals surface area (Å²) in [6.07, 6.45) is 2.43. The summed E-state index contributed by atoms with van der Waals surface area (Å²) in [5.41, 5.74) is 2.21. The molecule has 3 nitrogen and oxygen atoms in total. The Balaban J connectivity index is 1.70. The van der Waals surface area contributed by atoms with Gasteiger partial charge in [-0.3, -0.25) is 0 Å². The Morgan fingerprint density at radius 1 is 1.21 bits per heavy atom. The Kier molecular flexibility index (Phi) is 3.50. The van der Waals surface area contributed by atoms with Crippen molar-refractivity contribution in [3.8, 4) is 0 Å². The largest absolute Gasteiger partial charge is 0.393 e. The summed E-state index contributed by atoms with van der Waals surface area (Å²) in [7, 11) is 0. The van der Waals surface area contributed by atoms with Gasteiger partial charge in [0.1, 0.15) is 0 Å². The Hall–Kier alpha value is -1.06. The fourth-order valence-electron chi connectivity index (χ4n) is 3.59. The van der Waals surface area contributed by atoms with Crippen LogP contribution in [-0.4, -0.2) is 29.4 Å². The molecule has 1 aromatic rings. The van der Waals surface area contributed by atoms with Gasteiger partial charge in [-0.1, -0.05) is 19.1 Å². The molecular formula is C16H23NO2. The SMILES string of the molecule is CC[C@H](O)c1ccc(N2CC3CCC(O)C3C2)cc1. The Morgan fingerprint density at radius 2 is 1.95 bits per heavy atom. The van der Waals surface area contributed by atoms with Gasteiger partial charge in [-0.2, -0.15) is 0 Å². The molecule has 3 unspecified atom stereocenters. The van der Waals surface area contributed by atoms with Gasteiger partial charge in [0.05, 0.1) is 12.2 Å². The molecule has 4 atom stereocenters. The molecule has 2 N–H and O–H groups in total. The summed E-state index contributed by atoms with van der Waals surface area (Å²) in [6, 6.07) is 8.24. The average molecular weight is 261 g/mol. The molecule has 1 saturated heterocycles. The first-order valence-electron chi connectivity index (χ1n) is 7.40. The number of anilines is 1. The van der Waals surface area contributed by atoms with E-state index in [2.05, 4.69) is 17.0 Å². The lowest BCUT2D eigenvalue weighted by molar-refractivity contribution is 0.133. The Bertz CT molecular complexity index is 431. The molecular weight excluding hydrogens is 238 g/mol. The van der Waals surface area contributed by atoms with Gasteiger partial charge < -0.3 is 15.1 Å². The molecule has 1 heterocycles. The van der Waals surface area contributed by atoms with Crippen LogP contribution in [0, 0.1) is 11.8 Å².